The van der Waals surface area contributed by atoms with Crippen molar-refractivity contribution in [3.8, 4) is 5.75 Å². The molecule has 8 heteroatoms. The van der Waals surface area contributed by atoms with Crippen LogP contribution < -0.4 is 15.0 Å². The minimum absolute atomic E-state index is 0.00685. The SMILES string of the molecule is COc1ccc(Cl)cc1C[NH+](C)CC(=O)N[C@@]1(C)CCS(=O)(=O)C1. The number of sulfone groups is 1. The first-order valence-electron chi connectivity index (χ1n) is 7.78. The van der Waals surface area contributed by atoms with Crippen LogP contribution in [0.1, 0.15) is 18.9 Å². The van der Waals surface area contributed by atoms with E-state index in [2.05, 4.69) is 5.32 Å². The van der Waals surface area contributed by atoms with Crippen molar-refractivity contribution in [2.45, 2.75) is 25.4 Å². The Morgan fingerprint density at radius 1 is 1.46 bits per heavy atom. The summed E-state index contributed by atoms with van der Waals surface area (Å²) >= 11 is 6.02. The average molecular weight is 376 g/mol. The van der Waals surface area contributed by atoms with Gasteiger partial charge in [-0.2, -0.15) is 0 Å². The first-order valence-corrected chi connectivity index (χ1v) is 9.97. The summed E-state index contributed by atoms with van der Waals surface area (Å²) in [7, 11) is 0.447. The number of methoxy groups -OCH3 is 1. The van der Waals surface area contributed by atoms with Crippen LogP contribution in [-0.4, -0.2) is 52.1 Å². The number of nitrogens with one attached hydrogen (secondary N) is 2. The molecule has 1 heterocycles. The molecule has 2 rings (SSSR count). The molecule has 1 amide bonds. The number of benzene rings is 1. The molecule has 1 saturated heterocycles. The predicted molar refractivity (Wildman–Crippen MR) is 93.3 cm³/mol. The fourth-order valence-electron chi connectivity index (χ4n) is 3.04. The first kappa shape index (κ1) is 19.0. The molecule has 24 heavy (non-hydrogen) atoms. The minimum atomic E-state index is -3.04. The van der Waals surface area contributed by atoms with Crippen LogP contribution in [0.15, 0.2) is 18.2 Å². The Hall–Kier alpha value is -1.31. The van der Waals surface area contributed by atoms with Gasteiger partial charge in [-0.05, 0) is 31.5 Å². The monoisotopic (exact) mass is 375 g/mol. The third-order valence-electron chi connectivity index (χ3n) is 4.14. The number of quaternary nitrogens is 1. The number of likely N-dealkylation sites (N-methyl/N-ethyl adjacent to an activating group) is 1. The van der Waals surface area contributed by atoms with E-state index in [1.54, 1.807) is 26.2 Å². The molecule has 0 saturated carbocycles. The lowest BCUT2D eigenvalue weighted by Gasteiger charge is -2.24. The van der Waals surface area contributed by atoms with Crippen molar-refractivity contribution in [3.63, 3.8) is 0 Å². The number of halogens is 1. The van der Waals surface area contributed by atoms with E-state index in [-0.39, 0.29) is 24.0 Å². The van der Waals surface area contributed by atoms with E-state index in [0.717, 1.165) is 16.2 Å². The smallest absolute Gasteiger partial charge is 0.275 e. The van der Waals surface area contributed by atoms with Crippen molar-refractivity contribution in [2.24, 2.45) is 0 Å². The zero-order valence-electron chi connectivity index (χ0n) is 14.2. The van der Waals surface area contributed by atoms with E-state index in [1.165, 1.54) is 0 Å². The van der Waals surface area contributed by atoms with Crippen molar-refractivity contribution >= 4 is 27.3 Å². The molecule has 0 spiro atoms. The van der Waals surface area contributed by atoms with Gasteiger partial charge in [0, 0.05) is 10.6 Å². The Kier molecular flexibility index (Phi) is 5.78. The lowest BCUT2D eigenvalue weighted by Crippen LogP contribution is -3.09. The molecule has 1 aliphatic heterocycles. The highest BCUT2D eigenvalue weighted by Crippen LogP contribution is 2.23. The van der Waals surface area contributed by atoms with Crippen LogP contribution in [0, 0.1) is 0 Å². The third kappa shape index (κ3) is 5.09. The second-order valence-electron chi connectivity index (χ2n) is 6.72. The highest BCUT2D eigenvalue weighted by atomic mass is 35.5. The molecule has 1 aromatic carbocycles. The summed E-state index contributed by atoms with van der Waals surface area (Å²) in [5.74, 6) is 0.708. The summed E-state index contributed by atoms with van der Waals surface area (Å²) in [6.07, 6.45) is 0.461. The van der Waals surface area contributed by atoms with Gasteiger partial charge < -0.3 is 15.0 Å². The van der Waals surface area contributed by atoms with Gasteiger partial charge in [-0.15, -0.1) is 0 Å². The minimum Gasteiger partial charge on any atom is -0.496 e. The number of ether oxygens (including phenoxy) is 1. The molecule has 1 fully saturated rings. The van der Waals surface area contributed by atoms with Crippen molar-refractivity contribution < 1.29 is 22.8 Å². The number of hydrogen-bond donors (Lipinski definition) is 2. The maximum absolute atomic E-state index is 12.3. The molecular weight excluding hydrogens is 352 g/mol. The molecule has 1 aliphatic rings. The van der Waals surface area contributed by atoms with Crippen LogP contribution in [-0.2, 0) is 21.2 Å². The summed E-state index contributed by atoms with van der Waals surface area (Å²) < 4.78 is 28.5. The summed E-state index contributed by atoms with van der Waals surface area (Å²) in [5, 5.41) is 3.49. The van der Waals surface area contributed by atoms with Crippen LogP contribution >= 0.6 is 11.6 Å². The maximum Gasteiger partial charge on any atom is 0.275 e. The molecule has 1 unspecified atom stereocenters. The van der Waals surface area contributed by atoms with E-state index in [1.807, 2.05) is 13.1 Å². The van der Waals surface area contributed by atoms with Crippen molar-refractivity contribution in [2.75, 3.05) is 32.2 Å². The topological polar surface area (TPSA) is 76.9 Å². The number of carbonyl (C=O) groups is 1. The highest BCUT2D eigenvalue weighted by Gasteiger charge is 2.39. The molecule has 134 valence electrons. The van der Waals surface area contributed by atoms with Gasteiger partial charge in [0.25, 0.3) is 5.91 Å². The average Bonchev–Trinajstić information content (AvgIpc) is 2.72. The van der Waals surface area contributed by atoms with Crippen LogP contribution in [0.3, 0.4) is 0 Å². The zero-order valence-corrected chi connectivity index (χ0v) is 15.8. The van der Waals surface area contributed by atoms with Gasteiger partial charge in [-0.3, -0.25) is 4.79 Å². The Balaban J connectivity index is 1.94. The zero-order chi connectivity index (χ0) is 18.0. The van der Waals surface area contributed by atoms with Gasteiger partial charge in [-0.1, -0.05) is 11.6 Å². The van der Waals surface area contributed by atoms with E-state index >= 15 is 0 Å². The molecule has 2 atom stereocenters. The molecular formula is C16H24ClN2O4S+. The van der Waals surface area contributed by atoms with Gasteiger partial charge >= 0.3 is 0 Å². The van der Waals surface area contributed by atoms with Gasteiger partial charge in [0.2, 0.25) is 0 Å². The molecule has 6 nitrogen and oxygen atoms in total. The highest BCUT2D eigenvalue weighted by molar-refractivity contribution is 7.91. The fraction of sp³-hybridized carbons (Fsp3) is 0.562. The third-order valence-corrected chi connectivity index (χ3v) is 6.28. The van der Waals surface area contributed by atoms with E-state index in [0.29, 0.717) is 18.0 Å². The quantitative estimate of drug-likeness (QED) is 0.737. The second-order valence-corrected chi connectivity index (χ2v) is 9.34. The van der Waals surface area contributed by atoms with Crippen molar-refractivity contribution in [3.05, 3.63) is 28.8 Å². The van der Waals surface area contributed by atoms with Crippen molar-refractivity contribution in [1.82, 2.24) is 5.32 Å². The number of carbonyl (C=O) groups excluding carboxylic acids is 1. The summed E-state index contributed by atoms with van der Waals surface area (Å²) in [6.45, 7) is 2.60. The van der Waals surface area contributed by atoms with E-state index in [9.17, 15) is 13.2 Å². The Labute approximate surface area is 148 Å². The molecule has 0 aromatic heterocycles. The molecule has 2 N–H and O–H groups in total. The molecule has 0 bridgehead atoms. The number of hydrogen-bond acceptors (Lipinski definition) is 4. The standard InChI is InChI=1S/C16H23ClN2O4S/c1-16(6-7-24(21,22)11-16)18-15(20)10-19(2)9-12-8-13(17)4-5-14(12)23-3/h4-5,8H,6-7,9-11H2,1-3H3,(H,18,20)/p+1/t16-/m0/s1. The maximum atomic E-state index is 12.3. The summed E-state index contributed by atoms with van der Waals surface area (Å²) in [4.78, 5) is 13.2. The van der Waals surface area contributed by atoms with Crippen molar-refractivity contribution in [1.29, 1.82) is 0 Å². The Bertz CT molecular complexity index is 723. The Morgan fingerprint density at radius 2 is 2.17 bits per heavy atom. The Morgan fingerprint density at radius 3 is 2.75 bits per heavy atom. The van der Waals surface area contributed by atoms with E-state index < -0.39 is 15.4 Å². The molecule has 1 aromatic rings. The van der Waals surface area contributed by atoms with Crippen LogP contribution in [0.4, 0.5) is 0 Å². The van der Waals surface area contributed by atoms with Crippen LogP contribution in [0.5, 0.6) is 5.75 Å². The molecule has 0 aliphatic carbocycles. The fourth-order valence-corrected chi connectivity index (χ4v) is 5.32. The van der Waals surface area contributed by atoms with Crippen LogP contribution in [0.25, 0.3) is 0 Å². The summed E-state index contributed by atoms with van der Waals surface area (Å²) in [5.41, 5.74) is 0.258. The number of rotatable bonds is 6. The first-order chi connectivity index (χ1) is 11.1. The van der Waals surface area contributed by atoms with E-state index in [4.69, 9.17) is 16.3 Å². The number of amides is 1. The lowest BCUT2D eigenvalue weighted by molar-refractivity contribution is -0.885. The van der Waals surface area contributed by atoms with Gasteiger partial charge in [0.15, 0.2) is 16.4 Å². The summed E-state index contributed by atoms with van der Waals surface area (Å²) in [6, 6.07) is 5.38. The predicted octanol–water partition coefficient (Wildman–Crippen LogP) is 0.0567. The normalized spacial score (nSPS) is 23.7. The molecule has 0 radical (unpaired) electrons. The second kappa shape index (κ2) is 7.29. The van der Waals surface area contributed by atoms with Gasteiger partial charge in [0.1, 0.15) is 12.3 Å². The largest absolute Gasteiger partial charge is 0.496 e. The lowest BCUT2D eigenvalue weighted by atomic mass is 10.0. The van der Waals surface area contributed by atoms with Gasteiger partial charge in [-0.25, -0.2) is 8.42 Å². The van der Waals surface area contributed by atoms with Crippen LogP contribution in [0.2, 0.25) is 5.02 Å². The van der Waals surface area contributed by atoms with Gasteiger partial charge in [0.05, 0.1) is 31.2 Å².